The molecule has 0 radical (unpaired) electrons. The van der Waals surface area contributed by atoms with Crippen molar-refractivity contribution in [2.45, 2.75) is 39.5 Å². The fourth-order valence-corrected chi connectivity index (χ4v) is 5.18. The van der Waals surface area contributed by atoms with Crippen LogP contribution in [0.15, 0.2) is 66.2 Å². The highest BCUT2D eigenvalue weighted by Crippen LogP contribution is 2.50. The maximum atomic E-state index is 13.5. The van der Waals surface area contributed by atoms with Crippen LogP contribution in [0.2, 0.25) is 0 Å². The number of rotatable bonds is 3. The second-order valence-corrected chi connectivity index (χ2v) is 10.1. The van der Waals surface area contributed by atoms with Crippen LogP contribution >= 0.6 is 0 Å². The number of hydrogen-bond donors (Lipinski definition) is 0. The van der Waals surface area contributed by atoms with E-state index in [2.05, 4.69) is 24.9 Å². The number of carbonyl (C=O) groups excluding carboxylic acids is 1. The van der Waals surface area contributed by atoms with Gasteiger partial charge in [-0.1, -0.05) is 49.7 Å². The lowest BCUT2D eigenvalue weighted by molar-refractivity contribution is -0.118. The van der Waals surface area contributed by atoms with Crippen molar-refractivity contribution < 1.29 is 14.3 Å². The zero-order valence-electron chi connectivity index (χ0n) is 20.2. The molecule has 1 atom stereocenters. The number of methoxy groups -OCH3 is 1. The number of aryl methyl sites for hydroxylation is 1. The summed E-state index contributed by atoms with van der Waals surface area (Å²) in [6, 6.07) is 15.9. The van der Waals surface area contributed by atoms with E-state index in [0.717, 1.165) is 28.0 Å². The molecule has 2 aliphatic rings. The monoisotopic (exact) mass is 466 g/mol. The summed E-state index contributed by atoms with van der Waals surface area (Å²) in [4.78, 5) is 23.1. The molecular formula is C28H26N4O3. The maximum absolute atomic E-state index is 13.5. The van der Waals surface area contributed by atoms with Crippen molar-refractivity contribution in [2.24, 2.45) is 5.41 Å². The third kappa shape index (κ3) is 3.58. The zero-order valence-corrected chi connectivity index (χ0v) is 20.2. The summed E-state index contributed by atoms with van der Waals surface area (Å²) < 4.78 is 13.4. The van der Waals surface area contributed by atoms with Gasteiger partial charge in [-0.05, 0) is 36.1 Å². The van der Waals surface area contributed by atoms with Crippen LogP contribution in [0.4, 0.5) is 0 Å². The van der Waals surface area contributed by atoms with E-state index >= 15 is 0 Å². The first kappa shape index (κ1) is 21.5. The smallest absolute Gasteiger partial charge is 0.228 e. The summed E-state index contributed by atoms with van der Waals surface area (Å²) in [5.74, 6) is 2.29. The highest BCUT2D eigenvalue weighted by atomic mass is 16.5. The first-order valence-electron chi connectivity index (χ1n) is 11.7. The topological polar surface area (TPSA) is 78.6 Å². The van der Waals surface area contributed by atoms with Crippen LogP contribution in [0.5, 0.6) is 11.6 Å². The normalized spacial score (nSPS) is 18.7. The van der Waals surface area contributed by atoms with E-state index in [1.807, 2.05) is 49.4 Å². The summed E-state index contributed by atoms with van der Waals surface area (Å²) >= 11 is 0. The van der Waals surface area contributed by atoms with Gasteiger partial charge in [-0.25, -0.2) is 14.5 Å². The molecule has 0 saturated heterocycles. The van der Waals surface area contributed by atoms with E-state index in [1.165, 1.54) is 0 Å². The van der Waals surface area contributed by atoms with Crippen LogP contribution in [0.25, 0.3) is 17.0 Å². The molecule has 2 aromatic carbocycles. The van der Waals surface area contributed by atoms with E-state index in [-0.39, 0.29) is 17.1 Å². The van der Waals surface area contributed by atoms with Gasteiger partial charge in [0, 0.05) is 29.9 Å². The summed E-state index contributed by atoms with van der Waals surface area (Å²) in [5, 5.41) is 4.70. The predicted octanol–water partition coefficient (Wildman–Crippen LogP) is 5.28. The second-order valence-electron chi connectivity index (χ2n) is 10.1. The lowest BCUT2D eigenvalue weighted by Crippen LogP contribution is -2.33. The molecule has 0 spiro atoms. The largest absolute Gasteiger partial charge is 0.497 e. The number of hydrogen-bond acceptors (Lipinski definition) is 6. The Labute approximate surface area is 203 Å². The summed E-state index contributed by atoms with van der Waals surface area (Å²) in [5.41, 5.74) is 4.94. The van der Waals surface area contributed by atoms with Gasteiger partial charge < -0.3 is 9.47 Å². The molecule has 7 nitrogen and oxygen atoms in total. The van der Waals surface area contributed by atoms with Gasteiger partial charge in [-0.3, -0.25) is 4.79 Å². The van der Waals surface area contributed by atoms with Crippen molar-refractivity contribution >= 4 is 11.4 Å². The lowest BCUT2D eigenvalue weighted by atomic mass is 9.70. The Balaban J connectivity index is 1.59. The molecule has 6 rings (SSSR count). The first-order chi connectivity index (χ1) is 16.8. The van der Waals surface area contributed by atoms with Crippen molar-refractivity contribution in [1.29, 1.82) is 0 Å². The van der Waals surface area contributed by atoms with Crippen LogP contribution < -0.4 is 9.47 Å². The van der Waals surface area contributed by atoms with E-state index < -0.39 is 0 Å². The standard InChI is InChI=1S/C28H26N4O3/c1-16-6-5-7-18(12-16)25-30-26-24-22(17-8-10-19(34-4)11-9-17)23-20(33)13-28(2,3)14-21(23)35-27(24)29-15-32(26)31-25/h5-12,15,22H,13-14H2,1-4H3. The van der Waals surface area contributed by atoms with Crippen molar-refractivity contribution in [3.05, 3.63) is 82.9 Å². The maximum Gasteiger partial charge on any atom is 0.228 e. The molecule has 0 bridgehead atoms. The Kier molecular flexibility index (Phi) is 4.78. The van der Waals surface area contributed by atoms with Crippen LogP contribution in [-0.4, -0.2) is 32.5 Å². The molecule has 0 fully saturated rings. The summed E-state index contributed by atoms with van der Waals surface area (Å²) in [7, 11) is 1.64. The molecule has 0 saturated carbocycles. The minimum Gasteiger partial charge on any atom is -0.497 e. The zero-order chi connectivity index (χ0) is 24.3. The van der Waals surface area contributed by atoms with E-state index in [1.54, 1.807) is 18.0 Å². The van der Waals surface area contributed by atoms with E-state index in [4.69, 9.17) is 19.6 Å². The Morgan fingerprint density at radius 2 is 1.91 bits per heavy atom. The average Bonchev–Trinajstić information content (AvgIpc) is 3.27. The molecule has 0 N–H and O–H groups in total. The first-order valence-corrected chi connectivity index (χ1v) is 11.7. The third-order valence-corrected chi connectivity index (χ3v) is 6.79. The fraction of sp³-hybridized carbons (Fsp3) is 0.286. The number of nitrogens with zero attached hydrogens (tertiary/aromatic N) is 4. The number of aromatic nitrogens is 4. The Morgan fingerprint density at radius 1 is 1.11 bits per heavy atom. The number of Topliss-reactive ketones (excluding diaryl/α,β-unsaturated/α-hetero) is 1. The number of carbonyl (C=O) groups is 1. The molecular weight excluding hydrogens is 440 g/mol. The number of ether oxygens (including phenoxy) is 2. The Morgan fingerprint density at radius 3 is 2.66 bits per heavy atom. The molecule has 1 aliphatic heterocycles. The van der Waals surface area contributed by atoms with Gasteiger partial charge in [0.2, 0.25) is 5.88 Å². The van der Waals surface area contributed by atoms with Gasteiger partial charge >= 0.3 is 0 Å². The van der Waals surface area contributed by atoms with Gasteiger partial charge in [0.1, 0.15) is 17.8 Å². The van der Waals surface area contributed by atoms with Crippen LogP contribution in [0.3, 0.4) is 0 Å². The fourth-order valence-electron chi connectivity index (χ4n) is 5.18. The number of fused-ring (bicyclic) bond motifs is 3. The predicted molar refractivity (Wildman–Crippen MR) is 131 cm³/mol. The third-order valence-electron chi connectivity index (χ3n) is 6.79. The van der Waals surface area contributed by atoms with Crippen LogP contribution in [0.1, 0.15) is 49.3 Å². The molecule has 1 aliphatic carbocycles. The molecule has 1 unspecified atom stereocenters. The van der Waals surface area contributed by atoms with Gasteiger partial charge in [0.15, 0.2) is 17.3 Å². The van der Waals surface area contributed by atoms with Crippen molar-refractivity contribution in [3.63, 3.8) is 0 Å². The molecule has 2 aromatic heterocycles. The number of benzene rings is 2. The molecule has 7 heteroatoms. The lowest BCUT2D eigenvalue weighted by Gasteiger charge is -2.37. The molecule has 0 amide bonds. The SMILES string of the molecule is COc1ccc(C2C3=C(CC(C)(C)CC3=O)Oc3ncn4nc(-c5cccc(C)c5)nc4c32)cc1. The molecule has 3 heterocycles. The quantitative estimate of drug-likeness (QED) is 0.409. The van der Waals surface area contributed by atoms with Gasteiger partial charge in [0.25, 0.3) is 0 Å². The van der Waals surface area contributed by atoms with E-state index in [9.17, 15) is 4.79 Å². The highest BCUT2D eigenvalue weighted by Gasteiger charge is 2.44. The van der Waals surface area contributed by atoms with E-state index in [0.29, 0.717) is 41.5 Å². The average molecular weight is 467 g/mol. The van der Waals surface area contributed by atoms with Gasteiger partial charge in [-0.2, -0.15) is 0 Å². The number of ketones is 1. The van der Waals surface area contributed by atoms with Crippen LogP contribution in [0, 0.1) is 12.3 Å². The van der Waals surface area contributed by atoms with Crippen molar-refractivity contribution in [3.8, 4) is 23.0 Å². The highest BCUT2D eigenvalue weighted by molar-refractivity contribution is 6.00. The Hall–Kier alpha value is -4.00. The number of allylic oxidation sites excluding steroid dienone is 2. The van der Waals surface area contributed by atoms with Gasteiger partial charge in [0.05, 0.1) is 12.7 Å². The minimum absolute atomic E-state index is 0.100. The van der Waals surface area contributed by atoms with Crippen LogP contribution in [-0.2, 0) is 4.79 Å². The Bertz CT molecular complexity index is 1520. The van der Waals surface area contributed by atoms with Gasteiger partial charge in [-0.15, -0.1) is 5.10 Å². The summed E-state index contributed by atoms with van der Waals surface area (Å²) in [6.07, 6.45) is 2.77. The second kappa shape index (κ2) is 7.77. The van der Waals surface area contributed by atoms with Crippen molar-refractivity contribution in [1.82, 2.24) is 19.6 Å². The minimum atomic E-state index is -0.353. The van der Waals surface area contributed by atoms with Crippen molar-refractivity contribution in [2.75, 3.05) is 7.11 Å². The molecule has 4 aromatic rings. The molecule has 176 valence electrons. The summed E-state index contributed by atoms with van der Waals surface area (Å²) in [6.45, 7) is 6.24. The molecule has 35 heavy (non-hydrogen) atoms.